The van der Waals surface area contributed by atoms with Crippen molar-refractivity contribution in [3.63, 3.8) is 0 Å². The predicted octanol–water partition coefficient (Wildman–Crippen LogP) is -1.39. The quantitative estimate of drug-likeness (QED) is 0.159. The molecule has 10 atom stereocenters. The van der Waals surface area contributed by atoms with Crippen LogP contribution >= 0.6 is 0 Å². The van der Waals surface area contributed by atoms with Crippen LogP contribution in [0.1, 0.15) is 6.92 Å². The van der Waals surface area contributed by atoms with Gasteiger partial charge in [-0.2, -0.15) is 0 Å². The molecule has 2 fully saturated rings. The van der Waals surface area contributed by atoms with Gasteiger partial charge in [0.05, 0.1) is 12.7 Å². The second-order valence-corrected chi connectivity index (χ2v) is 10.1. The number of benzene rings is 2. The molecule has 0 spiro atoms. The number of ether oxygens (including phenoxy) is 4. The zero-order valence-electron chi connectivity index (χ0n) is 21.9. The van der Waals surface area contributed by atoms with E-state index >= 15 is 0 Å². The van der Waals surface area contributed by atoms with E-state index in [4.69, 9.17) is 23.4 Å². The number of rotatable bonds is 6. The maximum atomic E-state index is 13.5. The first-order chi connectivity index (χ1) is 19.9. The molecule has 2 saturated heterocycles. The van der Waals surface area contributed by atoms with Crippen LogP contribution < -0.4 is 10.2 Å². The number of hydrogen-bond acceptors (Lipinski definition) is 15. The fourth-order valence-corrected chi connectivity index (χ4v) is 4.79. The minimum atomic E-state index is -1.92. The molecule has 0 saturated carbocycles. The zero-order chi connectivity index (χ0) is 30.5. The lowest BCUT2D eigenvalue weighted by molar-refractivity contribution is -0.318. The number of phenolic OH excluding ortho intramolecular Hbond substituents is 3. The first kappa shape index (κ1) is 30.0. The van der Waals surface area contributed by atoms with Gasteiger partial charge < -0.3 is 69.3 Å². The number of aromatic hydroxyl groups is 3. The molecular weight excluding hydrogens is 564 g/mol. The minimum Gasteiger partial charge on any atom is -0.508 e. The van der Waals surface area contributed by atoms with Crippen LogP contribution in [0.5, 0.6) is 23.0 Å². The largest absolute Gasteiger partial charge is 0.508 e. The van der Waals surface area contributed by atoms with Gasteiger partial charge in [-0.1, -0.05) is 0 Å². The van der Waals surface area contributed by atoms with Crippen LogP contribution in [-0.2, 0) is 14.2 Å². The normalized spacial score (nSPS) is 33.5. The van der Waals surface area contributed by atoms with Crippen molar-refractivity contribution in [1.29, 1.82) is 0 Å². The topological polar surface area (TPSA) is 249 Å². The van der Waals surface area contributed by atoms with Crippen molar-refractivity contribution in [3.8, 4) is 34.3 Å². The van der Waals surface area contributed by atoms with Crippen molar-refractivity contribution in [1.82, 2.24) is 0 Å². The Balaban J connectivity index is 1.46. The summed E-state index contributed by atoms with van der Waals surface area (Å²) in [4.78, 5) is 13.5. The second kappa shape index (κ2) is 11.6. The molecule has 9 N–H and O–H groups in total. The highest BCUT2D eigenvalue weighted by Crippen LogP contribution is 2.37. The number of phenols is 3. The van der Waals surface area contributed by atoms with E-state index in [0.717, 1.165) is 12.1 Å². The Hall–Kier alpha value is -3.51. The van der Waals surface area contributed by atoms with E-state index in [1.807, 2.05) is 0 Å². The van der Waals surface area contributed by atoms with E-state index < -0.39 is 90.7 Å². The van der Waals surface area contributed by atoms with Gasteiger partial charge in [0.1, 0.15) is 70.9 Å². The number of hydrogen-bond donors (Lipinski definition) is 9. The number of fused-ring (bicyclic) bond motifs is 1. The van der Waals surface area contributed by atoms with Crippen LogP contribution in [0.3, 0.4) is 0 Å². The van der Waals surface area contributed by atoms with Crippen LogP contribution in [0.15, 0.2) is 45.6 Å². The van der Waals surface area contributed by atoms with Gasteiger partial charge in [-0.15, -0.1) is 0 Å². The lowest BCUT2D eigenvalue weighted by Crippen LogP contribution is -2.61. The van der Waals surface area contributed by atoms with Gasteiger partial charge in [-0.3, -0.25) is 4.79 Å². The Morgan fingerprint density at radius 3 is 2.10 bits per heavy atom. The average molecular weight is 595 g/mol. The van der Waals surface area contributed by atoms with Gasteiger partial charge in [0.2, 0.25) is 17.5 Å². The third-order valence-corrected chi connectivity index (χ3v) is 7.18. The summed E-state index contributed by atoms with van der Waals surface area (Å²) in [6, 6.07) is 7.33. The molecular formula is C27H30O15. The SMILES string of the molecule is C[C@H]1O[C@@H](OC[C@H]2O[C@@H](Oc3c(-c4ccc(O)cc4)oc4cc(O)cc(O)c4c3=O)[C@H](O)[C@@H](O)[C@@H]2O)[C@H](O)[C@H](O)[C@H]1O. The molecule has 0 unspecified atom stereocenters. The zero-order valence-corrected chi connectivity index (χ0v) is 21.9. The maximum absolute atomic E-state index is 13.5. The van der Waals surface area contributed by atoms with E-state index in [2.05, 4.69) is 0 Å². The predicted molar refractivity (Wildman–Crippen MR) is 139 cm³/mol. The van der Waals surface area contributed by atoms with Crippen molar-refractivity contribution in [2.75, 3.05) is 6.61 Å². The Morgan fingerprint density at radius 2 is 1.40 bits per heavy atom. The molecule has 15 nitrogen and oxygen atoms in total. The molecule has 15 heteroatoms. The van der Waals surface area contributed by atoms with E-state index in [9.17, 15) is 50.8 Å². The highest BCUT2D eigenvalue weighted by Gasteiger charge is 2.47. The van der Waals surface area contributed by atoms with Gasteiger partial charge in [0.15, 0.2) is 12.1 Å². The highest BCUT2D eigenvalue weighted by molar-refractivity contribution is 5.88. The van der Waals surface area contributed by atoms with Crippen LogP contribution in [0.4, 0.5) is 0 Å². The molecule has 3 heterocycles. The molecule has 2 aliphatic heterocycles. The summed E-state index contributed by atoms with van der Waals surface area (Å²) in [6.45, 7) is 0.866. The molecule has 2 aromatic carbocycles. The van der Waals surface area contributed by atoms with Gasteiger partial charge in [-0.25, -0.2) is 0 Å². The van der Waals surface area contributed by atoms with Crippen LogP contribution in [0.2, 0.25) is 0 Å². The first-order valence-corrected chi connectivity index (χ1v) is 12.9. The summed E-state index contributed by atoms with van der Waals surface area (Å²) in [5.74, 6) is -1.97. The Bertz CT molecular complexity index is 1470. The molecule has 0 bridgehead atoms. The first-order valence-electron chi connectivity index (χ1n) is 12.9. The molecule has 3 aromatic rings. The summed E-state index contributed by atoms with van der Waals surface area (Å²) in [6.07, 6.45) is -15.8. The molecule has 5 rings (SSSR count). The lowest BCUT2D eigenvalue weighted by atomic mass is 9.98. The van der Waals surface area contributed by atoms with Crippen LogP contribution in [-0.4, -0.2) is 114 Å². The molecule has 2 aliphatic rings. The molecule has 228 valence electrons. The smallest absolute Gasteiger partial charge is 0.239 e. The summed E-state index contributed by atoms with van der Waals surface area (Å²) in [5.41, 5.74) is -0.956. The lowest BCUT2D eigenvalue weighted by Gasteiger charge is -2.42. The second-order valence-electron chi connectivity index (χ2n) is 10.1. The summed E-state index contributed by atoms with van der Waals surface area (Å²) >= 11 is 0. The molecule has 1 aromatic heterocycles. The summed E-state index contributed by atoms with van der Waals surface area (Å²) < 4.78 is 28.0. The van der Waals surface area contributed by atoms with Crippen LogP contribution in [0.25, 0.3) is 22.3 Å². The van der Waals surface area contributed by atoms with Gasteiger partial charge >= 0.3 is 0 Å². The third kappa shape index (κ3) is 5.49. The van der Waals surface area contributed by atoms with Crippen molar-refractivity contribution in [2.45, 2.75) is 68.3 Å². The minimum absolute atomic E-state index is 0.103. The van der Waals surface area contributed by atoms with E-state index in [0.29, 0.717) is 0 Å². The highest BCUT2D eigenvalue weighted by atomic mass is 16.7. The monoisotopic (exact) mass is 594 g/mol. The summed E-state index contributed by atoms with van der Waals surface area (Å²) in [5, 5.41) is 91.4. The van der Waals surface area contributed by atoms with Gasteiger partial charge in [0, 0.05) is 17.7 Å². The van der Waals surface area contributed by atoms with Crippen molar-refractivity contribution >= 4 is 11.0 Å². The Kier molecular flexibility index (Phi) is 8.30. The third-order valence-electron chi connectivity index (χ3n) is 7.18. The molecule has 0 radical (unpaired) electrons. The molecule has 0 amide bonds. The van der Waals surface area contributed by atoms with E-state index in [-0.39, 0.29) is 28.0 Å². The fourth-order valence-electron chi connectivity index (χ4n) is 4.79. The van der Waals surface area contributed by atoms with Gasteiger partial charge in [-0.05, 0) is 31.2 Å². The van der Waals surface area contributed by atoms with Gasteiger partial charge in [0.25, 0.3) is 0 Å². The van der Waals surface area contributed by atoms with Crippen molar-refractivity contribution < 1.29 is 69.3 Å². The standard InChI is InChI=1S/C27H30O15/c1-9-17(31)20(34)22(36)26(39-9)38-8-15-18(32)21(35)23(37)27(41-15)42-25-19(33)16-13(30)6-12(29)7-14(16)40-24(25)10-2-4-11(28)5-3-10/h2-7,9,15,17-18,20-23,26-32,34-37H,8H2,1H3/t9-,15-,17+,18-,20-,21+,22-,23-,26-,27+/m1/s1. The average Bonchev–Trinajstić information content (AvgIpc) is 2.95. The Labute approximate surface area is 236 Å². The molecule has 0 aliphatic carbocycles. The van der Waals surface area contributed by atoms with Crippen molar-refractivity contribution in [3.05, 3.63) is 46.6 Å². The van der Waals surface area contributed by atoms with E-state index in [1.54, 1.807) is 0 Å². The Morgan fingerprint density at radius 1 is 0.762 bits per heavy atom. The van der Waals surface area contributed by atoms with Crippen LogP contribution in [0, 0.1) is 0 Å². The summed E-state index contributed by atoms with van der Waals surface area (Å²) in [7, 11) is 0. The number of aliphatic hydroxyl groups is 6. The maximum Gasteiger partial charge on any atom is 0.239 e. The molecule has 42 heavy (non-hydrogen) atoms. The van der Waals surface area contributed by atoms with E-state index in [1.165, 1.54) is 31.2 Å². The number of aliphatic hydroxyl groups excluding tert-OH is 6. The van der Waals surface area contributed by atoms with Crippen molar-refractivity contribution in [2.24, 2.45) is 0 Å². The fraction of sp³-hybridized carbons (Fsp3) is 0.444.